The molecule has 12 heteroatoms. The van der Waals surface area contributed by atoms with Crippen LogP contribution in [0.4, 0.5) is 19.4 Å². The number of pyridine rings is 1. The van der Waals surface area contributed by atoms with Crippen molar-refractivity contribution in [3.8, 4) is 11.5 Å². The molecule has 0 bridgehead atoms. The lowest BCUT2D eigenvalue weighted by molar-refractivity contribution is -0.0821. The molecule has 1 N–H and O–H groups in total. The van der Waals surface area contributed by atoms with Crippen LogP contribution in [0.15, 0.2) is 91.0 Å². The lowest BCUT2D eigenvalue weighted by Gasteiger charge is -2.45. The molecule has 4 aromatic rings. The third-order valence-corrected chi connectivity index (χ3v) is 15.9. The van der Waals surface area contributed by atoms with E-state index in [1.165, 1.54) is 0 Å². The topological polar surface area (TPSA) is 85.4 Å². The number of benzene rings is 3. The Labute approximate surface area is 330 Å². The minimum absolute atomic E-state index is 0.0456. The number of rotatable bonds is 10. The third-order valence-electron chi connectivity index (χ3n) is 10.9. The van der Waals surface area contributed by atoms with E-state index in [9.17, 15) is 4.79 Å². The average molecular weight is 785 g/mol. The summed E-state index contributed by atoms with van der Waals surface area (Å²) < 4.78 is 57.7. The highest BCUT2D eigenvalue weighted by Crippen LogP contribution is 2.45. The van der Waals surface area contributed by atoms with Crippen molar-refractivity contribution in [2.75, 3.05) is 38.4 Å². The van der Waals surface area contributed by atoms with E-state index in [2.05, 4.69) is 26.1 Å². The number of amides is 1. The Morgan fingerprint density at radius 3 is 2.18 bits per heavy atom. The molecule has 3 atom stereocenters. The van der Waals surface area contributed by atoms with E-state index in [1.54, 1.807) is 4.90 Å². The van der Waals surface area contributed by atoms with Gasteiger partial charge in [-0.25, -0.2) is 18.6 Å². The molecule has 7 rings (SSSR count). The van der Waals surface area contributed by atoms with Crippen LogP contribution in [0, 0.1) is 0 Å². The standard InChI is InChI=1S/C44H54F2N4O5Si/c1-30-23-31-24-37-38(53-29-52-37)25-35(31)40(36-19-14-20-39(48-36)47-32-21-22-49(26-32)41(51)55-42(2,3)4)50(30)27-44(45,46)28-54-56(43(5,6)7,33-15-10-8-11-16-33)34-17-12-9-13-18-34/h8-20,24-25,30,32,40H,21-23,26-29H2,1-7H3,(H,47,48)/t30-,32+,40+/m1/s1. The maximum Gasteiger partial charge on any atom is 0.410 e. The summed E-state index contributed by atoms with van der Waals surface area (Å²) in [5, 5.41) is 4.96. The number of fused-ring (bicyclic) bond motifs is 2. The Hall–Kier alpha value is -4.52. The van der Waals surface area contributed by atoms with Crippen LogP contribution in [0.2, 0.25) is 5.04 Å². The molecule has 4 heterocycles. The van der Waals surface area contributed by atoms with Crippen molar-refractivity contribution in [2.24, 2.45) is 0 Å². The second kappa shape index (κ2) is 15.4. The summed E-state index contributed by atoms with van der Waals surface area (Å²) in [6.45, 7) is 13.7. The van der Waals surface area contributed by atoms with Gasteiger partial charge in [0.15, 0.2) is 11.5 Å². The van der Waals surface area contributed by atoms with E-state index < -0.39 is 44.1 Å². The zero-order valence-electron chi connectivity index (χ0n) is 33.5. The van der Waals surface area contributed by atoms with Gasteiger partial charge in [-0.05, 0) is 91.3 Å². The van der Waals surface area contributed by atoms with Crippen LogP contribution >= 0.6 is 0 Å². The van der Waals surface area contributed by atoms with Crippen LogP contribution in [0.25, 0.3) is 0 Å². The molecular weight excluding hydrogens is 731 g/mol. The molecule has 9 nitrogen and oxygen atoms in total. The predicted molar refractivity (Wildman–Crippen MR) is 217 cm³/mol. The van der Waals surface area contributed by atoms with Gasteiger partial charge < -0.3 is 28.9 Å². The Morgan fingerprint density at radius 2 is 1.55 bits per heavy atom. The van der Waals surface area contributed by atoms with E-state index in [0.717, 1.165) is 27.9 Å². The summed E-state index contributed by atoms with van der Waals surface area (Å²) in [6.07, 6.45) is 0.932. The molecule has 298 valence electrons. The number of aromatic nitrogens is 1. The maximum atomic E-state index is 16.9. The lowest BCUT2D eigenvalue weighted by atomic mass is 9.86. The first-order valence-electron chi connectivity index (χ1n) is 19.6. The Kier molecular flexibility index (Phi) is 10.9. The fourth-order valence-electron chi connectivity index (χ4n) is 8.43. The molecule has 0 aliphatic carbocycles. The summed E-state index contributed by atoms with van der Waals surface area (Å²) in [4.78, 5) is 21.4. The van der Waals surface area contributed by atoms with Crippen LogP contribution in [-0.4, -0.2) is 85.8 Å². The number of ether oxygens (including phenoxy) is 3. The number of nitrogens with zero attached hydrogens (tertiary/aromatic N) is 3. The van der Waals surface area contributed by atoms with Crippen LogP contribution in [0.1, 0.15) is 77.7 Å². The maximum absolute atomic E-state index is 16.9. The summed E-state index contributed by atoms with van der Waals surface area (Å²) in [7, 11) is -3.22. The van der Waals surface area contributed by atoms with Gasteiger partial charge in [-0.1, -0.05) is 87.5 Å². The van der Waals surface area contributed by atoms with Crippen molar-refractivity contribution < 1.29 is 32.2 Å². The SMILES string of the molecule is C[C@@H]1Cc2cc3c(cc2[C@@H](c2cccc(N[C@H]4CCN(C(=O)OC(C)(C)C)C4)n2)N1CC(F)(F)CO[Si](c1ccccc1)(c1ccccc1)C(C)(C)C)OCO3. The molecule has 0 saturated carbocycles. The van der Waals surface area contributed by atoms with Crippen LogP contribution in [0.5, 0.6) is 11.5 Å². The highest BCUT2D eigenvalue weighted by atomic mass is 28.4. The monoisotopic (exact) mass is 784 g/mol. The summed E-state index contributed by atoms with van der Waals surface area (Å²) in [5.74, 6) is -1.36. The average Bonchev–Trinajstić information content (AvgIpc) is 3.81. The van der Waals surface area contributed by atoms with E-state index in [-0.39, 0.29) is 25.0 Å². The quantitative estimate of drug-likeness (QED) is 0.163. The second-order valence-corrected chi connectivity index (χ2v) is 21.6. The number of nitrogens with one attached hydrogen (secondary N) is 1. The van der Waals surface area contributed by atoms with Crippen LogP contribution in [-0.2, 0) is 15.6 Å². The smallest absolute Gasteiger partial charge is 0.410 e. The number of hydrogen-bond donors (Lipinski definition) is 1. The largest absolute Gasteiger partial charge is 0.454 e. The molecule has 0 spiro atoms. The van der Waals surface area contributed by atoms with Gasteiger partial charge in [-0.2, -0.15) is 0 Å². The number of alkyl halides is 2. The number of anilines is 1. The second-order valence-electron chi connectivity index (χ2n) is 17.3. The molecule has 1 saturated heterocycles. The van der Waals surface area contributed by atoms with Gasteiger partial charge in [0.25, 0.3) is 14.2 Å². The van der Waals surface area contributed by atoms with Gasteiger partial charge >= 0.3 is 6.09 Å². The molecule has 0 radical (unpaired) electrons. The van der Waals surface area contributed by atoms with Gasteiger partial charge in [0, 0.05) is 25.2 Å². The number of carbonyl (C=O) groups excluding carboxylic acids is 1. The minimum Gasteiger partial charge on any atom is -0.454 e. The molecule has 1 amide bonds. The van der Waals surface area contributed by atoms with Gasteiger partial charge in [0.2, 0.25) is 6.79 Å². The fraction of sp³-hybridized carbons (Fsp3) is 0.455. The zero-order chi connectivity index (χ0) is 39.9. The summed E-state index contributed by atoms with van der Waals surface area (Å²) in [6, 6.07) is 28.4. The Balaban J connectivity index is 1.19. The first kappa shape index (κ1) is 39.7. The predicted octanol–water partition coefficient (Wildman–Crippen LogP) is 7.78. The van der Waals surface area contributed by atoms with Crippen molar-refractivity contribution in [3.05, 3.63) is 108 Å². The molecule has 3 aromatic carbocycles. The molecule has 3 aliphatic rings. The molecule has 56 heavy (non-hydrogen) atoms. The molecule has 0 unspecified atom stereocenters. The Bertz CT molecular complexity index is 1970. The van der Waals surface area contributed by atoms with E-state index >= 15 is 8.78 Å². The van der Waals surface area contributed by atoms with Gasteiger partial charge in [-0.3, -0.25) is 4.90 Å². The highest BCUT2D eigenvalue weighted by molar-refractivity contribution is 6.99. The van der Waals surface area contributed by atoms with Crippen molar-refractivity contribution in [1.82, 2.24) is 14.8 Å². The van der Waals surface area contributed by atoms with Gasteiger partial charge in [-0.15, -0.1) is 0 Å². The molecular formula is C44H54F2N4O5Si. The van der Waals surface area contributed by atoms with Crippen molar-refractivity contribution in [3.63, 3.8) is 0 Å². The minimum atomic E-state index is -3.22. The van der Waals surface area contributed by atoms with Gasteiger partial charge in [0.1, 0.15) is 11.4 Å². The first-order chi connectivity index (χ1) is 26.5. The molecule has 1 aromatic heterocycles. The molecule has 1 fully saturated rings. The number of halogens is 2. The first-order valence-corrected chi connectivity index (χ1v) is 21.5. The van der Waals surface area contributed by atoms with E-state index in [1.807, 2.05) is 124 Å². The fourth-order valence-corrected chi connectivity index (χ4v) is 13.0. The van der Waals surface area contributed by atoms with Crippen molar-refractivity contribution in [1.29, 1.82) is 0 Å². The molecule has 3 aliphatic heterocycles. The van der Waals surface area contributed by atoms with Crippen LogP contribution in [0.3, 0.4) is 0 Å². The summed E-state index contributed by atoms with van der Waals surface area (Å²) >= 11 is 0. The number of likely N-dealkylation sites (tertiary alicyclic amines) is 1. The zero-order valence-corrected chi connectivity index (χ0v) is 34.5. The van der Waals surface area contributed by atoms with E-state index in [4.69, 9.17) is 23.6 Å². The highest BCUT2D eigenvalue weighted by Gasteiger charge is 2.52. The van der Waals surface area contributed by atoms with E-state index in [0.29, 0.717) is 42.5 Å². The van der Waals surface area contributed by atoms with Crippen molar-refractivity contribution >= 4 is 30.6 Å². The van der Waals surface area contributed by atoms with Crippen molar-refractivity contribution in [2.45, 2.75) is 96.0 Å². The lowest BCUT2D eigenvalue weighted by Crippen LogP contribution is -2.67. The summed E-state index contributed by atoms with van der Waals surface area (Å²) in [5.41, 5.74) is 1.92. The number of hydrogen-bond acceptors (Lipinski definition) is 8. The third kappa shape index (κ3) is 8.28. The normalized spacial score (nSPS) is 20.2. The van der Waals surface area contributed by atoms with Crippen LogP contribution < -0.4 is 25.2 Å². The number of carbonyl (C=O) groups is 1. The Morgan fingerprint density at radius 1 is 0.911 bits per heavy atom. The van der Waals surface area contributed by atoms with Gasteiger partial charge in [0.05, 0.1) is 24.9 Å².